The molecule has 10 heteroatoms. The van der Waals surface area contributed by atoms with Gasteiger partial charge in [-0.05, 0) is 54.8 Å². The number of rotatable bonds is 12. The summed E-state index contributed by atoms with van der Waals surface area (Å²) in [5.41, 5.74) is 1.98. The standard InChI is InChI=1S/C29H33BrClN3O4S/c1-4-21(2)32-29(36)27(17-22-9-6-5-7-10-22)33(19-23-13-15-25(31)16-14-23)28(35)20-34(39(3,37)38)26-12-8-11-24(30)18-26/h5-16,18,21,27H,4,17,19-20H2,1-3H3,(H,32,36)/t21-,27+/m0/s1. The fourth-order valence-corrected chi connectivity index (χ4v) is 5.38. The van der Waals surface area contributed by atoms with Crippen molar-refractivity contribution in [2.75, 3.05) is 17.1 Å². The maximum absolute atomic E-state index is 14.0. The van der Waals surface area contributed by atoms with Crippen molar-refractivity contribution in [2.45, 2.75) is 45.3 Å². The van der Waals surface area contributed by atoms with Gasteiger partial charge in [-0.1, -0.05) is 83.0 Å². The Labute approximate surface area is 244 Å². The maximum atomic E-state index is 14.0. The Balaban J connectivity index is 2.05. The minimum atomic E-state index is -3.82. The van der Waals surface area contributed by atoms with E-state index in [0.29, 0.717) is 15.2 Å². The Morgan fingerprint density at radius 2 is 1.64 bits per heavy atom. The summed E-state index contributed by atoms with van der Waals surface area (Å²) < 4.78 is 27.4. The zero-order valence-corrected chi connectivity index (χ0v) is 25.3. The van der Waals surface area contributed by atoms with Crippen molar-refractivity contribution >= 4 is 55.1 Å². The van der Waals surface area contributed by atoms with Crippen LogP contribution >= 0.6 is 27.5 Å². The van der Waals surface area contributed by atoms with Crippen molar-refractivity contribution in [1.82, 2.24) is 10.2 Å². The minimum absolute atomic E-state index is 0.0948. The van der Waals surface area contributed by atoms with Crippen LogP contribution in [0.3, 0.4) is 0 Å². The fraction of sp³-hybridized carbons (Fsp3) is 0.310. The number of amides is 2. The van der Waals surface area contributed by atoms with Crippen LogP contribution in [-0.2, 0) is 32.6 Å². The lowest BCUT2D eigenvalue weighted by Crippen LogP contribution is -2.54. The summed E-state index contributed by atoms with van der Waals surface area (Å²) in [5.74, 6) is -0.806. The summed E-state index contributed by atoms with van der Waals surface area (Å²) in [6, 6.07) is 22.2. The van der Waals surface area contributed by atoms with Crippen LogP contribution in [0.2, 0.25) is 5.02 Å². The molecule has 0 saturated heterocycles. The third kappa shape index (κ3) is 9.08. The molecule has 0 heterocycles. The smallest absolute Gasteiger partial charge is 0.244 e. The van der Waals surface area contributed by atoms with Gasteiger partial charge in [0.1, 0.15) is 12.6 Å². The van der Waals surface area contributed by atoms with Crippen LogP contribution in [0.15, 0.2) is 83.3 Å². The van der Waals surface area contributed by atoms with Crippen LogP contribution < -0.4 is 9.62 Å². The number of hydrogen-bond acceptors (Lipinski definition) is 4. The van der Waals surface area contributed by atoms with Gasteiger partial charge in [0.25, 0.3) is 0 Å². The largest absolute Gasteiger partial charge is 0.352 e. The first kappa shape index (κ1) is 30.7. The fourth-order valence-electron chi connectivity index (χ4n) is 4.03. The van der Waals surface area contributed by atoms with E-state index in [1.54, 1.807) is 48.5 Å². The number of hydrogen-bond donors (Lipinski definition) is 1. The van der Waals surface area contributed by atoms with Crippen LogP contribution in [0.1, 0.15) is 31.4 Å². The average molecular weight is 635 g/mol. The lowest BCUT2D eigenvalue weighted by atomic mass is 10.0. The third-order valence-corrected chi connectivity index (χ3v) is 8.20. The molecule has 3 aromatic carbocycles. The third-order valence-electron chi connectivity index (χ3n) is 6.31. The molecule has 0 unspecified atom stereocenters. The highest BCUT2D eigenvalue weighted by atomic mass is 79.9. The van der Waals surface area contributed by atoms with E-state index in [4.69, 9.17) is 11.6 Å². The zero-order chi connectivity index (χ0) is 28.6. The van der Waals surface area contributed by atoms with Gasteiger partial charge in [-0.15, -0.1) is 0 Å². The van der Waals surface area contributed by atoms with Crippen molar-refractivity contribution in [3.8, 4) is 0 Å². The quantitative estimate of drug-likeness (QED) is 0.288. The lowest BCUT2D eigenvalue weighted by Gasteiger charge is -2.34. The monoisotopic (exact) mass is 633 g/mol. The minimum Gasteiger partial charge on any atom is -0.352 e. The maximum Gasteiger partial charge on any atom is 0.244 e. The SMILES string of the molecule is CC[C@H](C)NC(=O)[C@@H](Cc1ccccc1)N(Cc1ccc(Cl)cc1)C(=O)CN(c1cccc(Br)c1)S(C)(=O)=O. The number of carbonyl (C=O) groups excluding carboxylic acids is 2. The number of carbonyl (C=O) groups is 2. The molecule has 2 atom stereocenters. The molecule has 3 rings (SSSR count). The van der Waals surface area contributed by atoms with Crippen molar-refractivity contribution in [3.05, 3.63) is 99.5 Å². The first-order chi connectivity index (χ1) is 18.5. The molecule has 39 heavy (non-hydrogen) atoms. The van der Waals surface area contributed by atoms with E-state index < -0.39 is 28.5 Å². The molecule has 2 amide bonds. The number of nitrogens with zero attached hydrogens (tertiary/aromatic N) is 2. The summed E-state index contributed by atoms with van der Waals surface area (Å²) in [6.45, 7) is 3.50. The molecule has 0 radical (unpaired) electrons. The van der Waals surface area contributed by atoms with E-state index in [-0.39, 0.29) is 24.9 Å². The van der Waals surface area contributed by atoms with E-state index in [1.807, 2.05) is 44.2 Å². The van der Waals surface area contributed by atoms with Gasteiger partial charge in [0.2, 0.25) is 21.8 Å². The summed E-state index contributed by atoms with van der Waals surface area (Å²) >= 11 is 9.45. The van der Waals surface area contributed by atoms with Gasteiger partial charge in [0.05, 0.1) is 11.9 Å². The topological polar surface area (TPSA) is 86.8 Å². The molecule has 0 aliphatic heterocycles. The highest BCUT2D eigenvalue weighted by molar-refractivity contribution is 9.10. The lowest BCUT2D eigenvalue weighted by molar-refractivity contribution is -0.140. The van der Waals surface area contributed by atoms with E-state index in [2.05, 4.69) is 21.2 Å². The van der Waals surface area contributed by atoms with Crippen LogP contribution in [0.5, 0.6) is 0 Å². The molecule has 3 aromatic rings. The molecule has 7 nitrogen and oxygen atoms in total. The van der Waals surface area contributed by atoms with Crippen molar-refractivity contribution in [2.24, 2.45) is 0 Å². The second-order valence-electron chi connectivity index (χ2n) is 9.42. The van der Waals surface area contributed by atoms with E-state index >= 15 is 0 Å². The van der Waals surface area contributed by atoms with Crippen molar-refractivity contribution in [3.63, 3.8) is 0 Å². The molecule has 0 bridgehead atoms. The van der Waals surface area contributed by atoms with Crippen LogP contribution in [0, 0.1) is 0 Å². The Morgan fingerprint density at radius 3 is 2.23 bits per heavy atom. The van der Waals surface area contributed by atoms with Gasteiger partial charge < -0.3 is 10.2 Å². The Hall–Kier alpha value is -2.88. The van der Waals surface area contributed by atoms with E-state index in [9.17, 15) is 18.0 Å². The Bertz CT molecular complexity index is 1370. The molecule has 0 aliphatic rings. The number of halogens is 2. The normalized spacial score (nSPS) is 12.8. The zero-order valence-electron chi connectivity index (χ0n) is 22.2. The number of benzene rings is 3. The summed E-state index contributed by atoms with van der Waals surface area (Å²) in [6.07, 6.45) is 2.04. The number of sulfonamides is 1. The van der Waals surface area contributed by atoms with Gasteiger partial charge in [0.15, 0.2) is 0 Å². The number of nitrogens with one attached hydrogen (secondary N) is 1. The molecule has 208 valence electrons. The van der Waals surface area contributed by atoms with Gasteiger partial charge in [0, 0.05) is 28.5 Å². The molecule has 1 N–H and O–H groups in total. The van der Waals surface area contributed by atoms with Crippen molar-refractivity contribution < 1.29 is 18.0 Å². The summed E-state index contributed by atoms with van der Waals surface area (Å²) in [5, 5.41) is 3.56. The average Bonchev–Trinajstić information content (AvgIpc) is 2.90. The molecule has 0 aromatic heterocycles. The molecule has 0 aliphatic carbocycles. The predicted octanol–water partition coefficient (Wildman–Crippen LogP) is 5.42. The van der Waals surface area contributed by atoms with Gasteiger partial charge >= 0.3 is 0 Å². The Kier molecular flexibility index (Phi) is 11.0. The second-order valence-corrected chi connectivity index (χ2v) is 12.7. The summed E-state index contributed by atoms with van der Waals surface area (Å²) in [4.78, 5) is 29.1. The second kappa shape index (κ2) is 14.0. The molecular weight excluding hydrogens is 602 g/mol. The molecule has 0 fully saturated rings. The first-order valence-electron chi connectivity index (χ1n) is 12.6. The molecule has 0 spiro atoms. The predicted molar refractivity (Wildman–Crippen MR) is 160 cm³/mol. The van der Waals surface area contributed by atoms with Gasteiger partial charge in [-0.2, -0.15) is 0 Å². The highest BCUT2D eigenvalue weighted by Crippen LogP contribution is 2.24. The molecule has 0 saturated carbocycles. The van der Waals surface area contributed by atoms with Crippen molar-refractivity contribution in [1.29, 1.82) is 0 Å². The van der Waals surface area contributed by atoms with Crippen LogP contribution in [0.4, 0.5) is 5.69 Å². The van der Waals surface area contributed by atoms with Gasteiger partial charge in [-0.25, -0.2) is 8.42 Å². The summed E-state index contributed by atoms with van der Waals surface area (Å²) in [7, 11) is -3.82. The first-order valence-corrected chi connectivity index (χ1v) is 15.6. The van der Waals surface area contributed by atoms with E-state index in [1.165, 1.54) is 4.90 Å². The highest BCUT2D eigenvalue weighted by Gasteiger charge is 2.33. The van der Waals surface area contributed by atoms with Gasteiger partial charge in [-0.3, -0.25) is 13.9 Å². The Morgan fingerprint density at radius 1 is 0.974 bits per heavy atom. The number of anilines is 1. The molecular formula is C29H33BrClN3O4S. The van der Waals surface area contributed by atoms with Crippen LogP contribution in [0.25, 0.3) is 0 Å². The van der Waals surface area contributed by atoms with Crippen LogP contribution in [-0.4, -0.2) is 50.0 Å². The van der Waals surface area contributed by atoms with E-state index in [0.717, 1.165) is 28.1 Å².